The Morgan fingerprint density at radius 3 is 2.58 bits per heavy atom. The number of likely N-dealkylation sites (N-methyl/N-ethyl adjacent to an activating group) is 1. The number of nitrogens with zero attached hydrogens (tertiary/aromatic N) is 2. The Balaban J connectivity index is 0.000000292. The van der Waals surface area contributed by atoms with E-state index in [9.17, 15) is 8.42 Å². The van der Waals surface area contributed by atoms with Crippen LogP contribution in [0.1, 0.15) is 6.42 Å². The Kier molecular flexibility index (Phi) is 6.98. The van der Waals surface area contributed by atoms with Crippen LogP contribution in [0, 0.1) is 0 Å². The Hall–Kier alpha value is -1.68. The van der Waals surface area contributed by atoms with Gasteiger partial charge in [-0.3, -0.25) is 14.4 Å². The van der Waals surface area contributed by atoms with Crippen LogP contribution >= 0.6 is 11.3 Å². The van der Waals surface area contributed by atoms with Gasteiger partial charge in [-0.1, -0.05) is 6.07 Å². The third-order valence-electron chi connectivity index (χ3n) is 3.21. The standard InChI is InChI=1S/C10H15NO5S2.C5H5N/c1-11(3-2-4-18(12,13)14)10-5-15-8-6-17-7-9(8)16-10;1-2-4-6-5-3-1/h6-7,10H,2-5H2,1H3,(H,12,13,14);1-5H. The Morgan fingerprint density at radius 1 is 1.29 bits per heavy atom. The van der Waals surface area contributed by atoms with Crippen molar-refractivity contribution in [2.75, 3.05) is 26.0 Å². The summed E-state index contributed by atoms with van der Waals surface area (Å²) in [5.74, 6) is 1.23. The fraction of sp³-hybridized carbons (Fsp3) is 0.400. The number of rotatable bonds is 5. The molecule has 7 nitrogen and oxygen atoms in total. The summed E-state index contributed by atoms with van der Waals surface area (Å²) >= 11 is 1.51. The Bertz CT molecular complexity index is 679. The molecular weight excluding hydrogens is 352 g/mol. The molecule has 0 fully saturated rings. The normalized spacial score (nSPS) is 16.4. The fourth-order valence-electron chi connectivity index (χ4n) is 1.98. The highest BCUT2D eigenvalue weighted by Crippen LogP contribution is 2.35. The second kappa shape index (κ2) is 8.97. The minimum absolute atomic E-state index is 0.228. The van der Waals surface area contributed by atoms with Crippen molar-refractivity contribution in [2.24, 2.45) is 0 Å². The van der Waals surface area contributed by atoms with Crippen LogP contribution in [-0.4, -0.2) is 55.0 Å². The van der Waals surface area contributed by atoms with Crippen molar-refractivity contribution in [3.8, 4) is 11.5 Å². The van der Waals surface area contributed by atoms with Crippen molar-refractivity contribution in [3.63, 3.8) is 0 Å². The minimum Gasteiger partial charge on any atom is -0.483 e. The topological polar surface area (TPSA) is 89.0 Å². The first kappa shape index (κ1) is 18.7. The lowest BCUT2D eigenvalue weighted by molar-refractivity contribution is -0.0142. The molecule has 2 aromatic rings. The fourth-order valence-corrected chi connectivity index (χ4v) is 3.14. The summed E-state index contributed by atoms with van der Waals surface area (Å²) in [5, 5.41) is 3.75. The van der Waals surface area contributed by atoms with Crippen LogP contribution in [0.4, 0.5) is 0 Å². The smallest absolute Gasteiger partial charge is 0.264 e. The number of thiophene rings is 1. The van der Waals surface area contributed by atoms with Crippen LogP contribution in [0.15, 0.2) is 41.4 Å². The summed E-state index contributed by atoms with van der Waals surface area (Å²) in [5.41, 5.74) is 0. The number of fused-ring (bicyclic) bond motifs is 1. The van der Waals surface area contributed by atoms with E-state index in [0.29, 0.717) is 19.6 Å². The maximum Gasteiger partial charge on any atom is 0.264 e. The zero-order valence-electron chi connectivity index (χ0n) is 13.2. The van der Waals surface area contributed by atoms with Gasteiger partial charge in [-0.15, -0.1) is 11.3 Å². The number of pyridine rings is 1. The van der Waals surface area contributed by atoms with E-state index >= 15 is 0 Å². The number of ether oxygens (including phenoxy) is 2. The average molecular weight is 372 g/mol. The van der Waals surface area contributed by atoms with Crippen LogP contribution in [0.25, 0.3) is 0 Å². The van der Waals surface area contributed by atoms with Crippen LogP contribution in [0.5, 0.6) is 11.5 Å². The first-order valence-corrected chi connectivity index (χ1v) is 9.87. The number of hydrogen-bond donors (Lipinski definition) is 1. The van der Waals surface area contributed by atoms with Crippen molar-refractivity contribution in [1.82, 2.24) is 9.88 Å². The maximum atomic E-state index is 10.6. The van der Waals surface area contributed by atoms with E-state index in [-0.39, 0.29) is 12.0 Å². The monoisotopic (exact) mass is 372 g/mol. The van der Waals surface area contributed by atoms with E-state index < -0.39 is 10.1 Å². The molecule has 0 spiro atoms. The van der Waals surface area contributed by atoms with Gasteiger partial charge in [0.05, 0.1) is 5.75 Å². The molecule has 0 radical (unpaired) electrons. The van der Waals surface area contributed by atoms with Gasteiger partial charge in [0.1, 0.15) is 6.61 Å². The van der Waals surface area contributed by atoms with E-state index in [1.54, 1.807) is 12.4 Å². The second-order valence-electron chi connectivity index (χ2n) is 5.13. The van der Waals surface area contributed by atoms with Gasteiger partial charge in [0, 0.05) is 29.7 Å². The van der Waals surface area contributed by atoms with Gasteiger partial charge in [0.15, 0.2) is 17.7 Å². The summed E-state index contributed by atoms with van der Waals surface area (Å²) in [6.45, 7) is 0.916. The van der Waals surface area contributed by atoms with Crippen LogP contribution in [0.3, 0.4) is 0 Å². The van der Waals surface area contributed by atoms with Gasteiger partial charge >= 0.3 is 0 Å². The van der Waals surface area contributed by atoms with Gasteiger partial charge in [0.2, 0.25) is 0 Å². The van der Waals surface area contributed by atoms with E-state index in [0.717, 1.165) is 11.5 Å². The largest absolute Gasteiger partial charge is 0.483 e. The molecule has 3 heterocycles. The first-order valence-electron chi connectivity index (χ1n) is 7.32. The SMILES string of the molecule is CN(CCCS(=O)(=O)O)C1COc2cscc2O1.c1ccncc1. The summed E-state index contributed by atoms with van der Waals surface area (Å²) in [6, 6.07) is 5.72. The lowest BCUT2D eigenvalue weighted by atomic mass is 10.4. The summed E-state index contributed by atoms with van der Waals surface area (Å²) in [7, 11) is -2.06. The quantitative estimate of drug-likeness (QED) is 0.804. The molecule has 0 bridgehead atoms. The van der Waals surface area contributed by atoms with Gasteiger partial charge in [-0.25, -0.2) is 0 Å². The molecule has 132 valence electrons. The molecule has 24 heavy (non-hydrogen) atoms. The number of aromatic nitrogens is 1. The van der Waals surface area contributed by atoms with Gasteiger partial charge in [0.25, 0.3) is 10.1 Å². The van der Waals surface area contributed by atoms with Gasteiger partial charge in [-0.05, 0) is 25.6 Å². The molecule has 3 rings (SSSR count). The molecular formula is C15H20N2O5S2. The molecule has 0 aliphatic carbocycles. The summed E-state index contributed by atoms with van der Waals surface area (Å²) < 4.78 is 41.1. The third kappa shape index (κ3) is 6.44. The maximum absolute atomic E-state index is 10.6. The summed E-state index contributed by atoms with van der Waals surface area (Å²) in [4.78, 5) is 5.65. The molecule has 1 unspecified atom stereocenters. The van der Waals surface area contributed by atoms with Crippen LogP contribution < -0.4 is 9.47 Å². The van der Waals surface area contributed by atoms with Crippen LogP contribution in [0.2, 0.25) is 0 Å². The van der Waals surface area contributed by atoms with Crippen molar-refractivity contribution >= 4 is 21.5 Å². The van der Waals surface area contributed by atoms with Gasteiger partial charge < -0.3 is 9.47 Å². The molecule has 2 aromatic heterocycles. The minimum atomic E-state index is -3.89. The molecule has 9 heteroatoms. The van der Waals surface area contributed by atoms with Crippen LogP contribution in [-0.2, 0) is 10.1 Å². The zero-order valence-corrected chi connectivity index (χ0v) is 14.9. The van der Waals surface area contributed by atoms with E-state index in [2.05, 4.69) is 4.98 Å². The molecule has 0 amide bonds. The summed E-state index contributed by atoms with van der Waals surface area (Å²) in [6.07, 6.45) is 3.62. The lowest BCUT2D eigenvalue weighted by Gasteiger charge is -2.31. The van der Waals surface area contributed by atoms with Gasteiger partial charge in [-0.2, -0.15) is 8.42 Å². The van der Waals surface area contributed by atoms with E-state index in [1.165, 1.54) is 11.3 Å². The lowest BCUT2D eigenvalue weighted by Crippen LogP contribution is -2.43. The zero-order chi connectivity index (χ0) is 17.4. The highest BCUT2D eigenvalue weighted by atomic mass is 32.2. The van der Waals surface area contributed by atoms with E-state index in [4.69, 9.17) is 14.0 Å². The third-order valence-corrected chi connectivity index (χ3v) is 4.71. The Morgan fingerprint density at radius 2 is 2.00 bits per heavy atom. The second-order valence-corrected chi connectivity index (χ2v) is 7.44. The number of hydrogen-bond acceptors (Lipinski definition) is 7. The Labute approximate surface area is 145 Å². The molecule has 0 aromatic carbocycles. The first-order chi connectivity index (χ1) is 11.5. The van der Waals surface area contributed by atoms with Crippen molar-refractivity contribution in [1.29, 1.82) is 0 Å². The molecule has 1 aliphatic rings. The molecule has 1 aliphatic heterocycles. The predicted molar refractivity (Wildman–Crippen MR) is 92.1 cm³/mol. The molecule has 0 saturated carbocycles. The predicted octanol–water partition coefficient (Wildman–Crippen LogP) is 2.14. The molecule has 0 saturated heterocycles. The van der Waals surface area contributed by atoms with Crippen molar-refractivity contribution in [3.05, 3.63) is 41.4 Å². The molecule has 1 atom stereocenters. The average Bonchev–Trinajstić information content (AvgIpc) is 3.03. The van der Waals surface area contributed by atoms with Crippen molar-refractivity contribution in [2.45, 2.75) is 12.6 Å². The molecule has 1 N–H and O–H groups in total. The van der Waals surface area contributed by atoms with Crippen molar-refractivity contribution < 1.29 is 22.4 Å². The van der Waals surface area contributed by atoms with E-state index in [1.807, 2.05) is 40.9 Å². The highest BCUT2D eigenvalue weighted by Gasteiger charge is 2.25. The highest BCUT2D eigenvalue weighted by molar-refractivity contribution is 7.85.